The Morgan fingerprint density at radius 3 is 2.43 bits per heavy atom. The average molecular weight is 313 g/mol. The van der Waals surface area contributed by atoms with Crippen molar-refractivity contribution in [3.05, 3.63) is 65.7 Å². The molecule has 0 aliphatic rings. The third-order valence-corrected chi connectivity index (χ3v) is 3.59. The third kappa shape index (κ3) is 4.66. The number of carbonyl (C=O) groups excluding carboxylic acids is 2. The van der Waals surface area contributed by atoms with Gasteiger partial charge in [-0.1, -0.05) is 42.5 Å². The van der Waals surface area contributed by atoms with Crippen molar-refractivity contribution in [3.63, 3.8) is 0 Å². The maximum Gasteiger partial charge on any atom is 0.339 e. The molecule has 0 saturated heterocycles. The molecule has 0 heterocycles. The van der Waals surface area contributed by atoms with Crippen LogP contribution in [0.2, 0.25) is 0 Å². The Morgan fingerprint density at radius 2 is 1.74 bits per heavy atom. The molecule has 2 aromatic rings. The number of ether oxygens (including phenoxy) is 1. The van der Waals surface area contributed by atoms with Crippen LogP contribution < -0.4 is 10.6 Å². The minimum atomic E-state index is -0.470. The Kier molecular flexibility index (Phi) is 5.88. The number of amides is 1. The Labute approximate surface area is 135 Å². The number of carbonyl (C=O) groups is 2. The average Bonchev–Trinajstić information content (AvgIpc) is 2.60. The van der Waals surface area contributed by atoms with E-state index in [9.17, 15) is 9.59 Å². The second kappa shape index (κ2) is 8.10. The number of anilines is 1. The fourth-order valence-corrected chi connectivity index (χ4v) is 2.26. The molecule has 5 heteroatoms. The lowest BCUT2D eigenvalue weighted by Crippen LogP contribution is -2.86. The van der Waals surface area contributed by atoms with E-state index in [2.05, 4.69) is 5.32 Å². The molecule has 120 valence electrons. The molecule has 3 N–H and O–H groups in total. The number of benzene rings is 2. The number of hydrogen-bond acceptors (Lipinski definition) is 3. The first-order chi connectivity index (χ1) is 11.1. The highest BCUT2D eigenvalue weighted by molar-refractivity contribution is 6.01. The van der Waals surface area contributed by atoms with E-state index in [4.69, 9.17) is 4.74 Å². The van der Waals surface area contributed by atoms with E-state index in [0.717, 1.165) is 5.56 Å². The molecule has 0 aliphatic heterocycles. The van der Waals surface area contributed by atoms with E-state index in [1.165, 1.54) is 7.11 Å². The lowest BCUT2D eigenvalue weighted by atomic mass is 10.1. The molecule has 5 nitrogen and oxygen atoms in total. The van der Waals surface area contributed by atoms with Crippen molar-refractivity contribution in [1.82, 2.24) is 0 Å². The van der Waals surface area contributed by atoms with E-state index in [-0.39, 0.29) is 18.5 Å². The number of nitrogens with one attached hydrogen (secondary N) is 1. The summed E-state index contributed by atoms with van der Waals surface area (Å²) >= 11 is 0. The second-order valence-electron chi connectivity index (χ2n) is 5.22. The summed E-state index contributed by atoms with van der Waals surface area (Å²) in [5, 5.41) is 4.71. The summed E-state index contributed by atoms with van der Waals surface area (Å²) in [6.07, 6.45) is 0. The summed E-state index contributed by atoms with van der Waals surface area (Å²) < 4.78 is 4.72. The van der Waals surface area contributed by atoms with E-state index in [0.29, 0.717) is 11.3 Å². The van der Waals surface area contributed by atoms with Gasteiger partial charge in [-0.05, 0) is 19.1 Å². The fraction of sp³-hybridized carbons (Fsp3) is 0.222. The van der Waals surface area contributed by atoms with Gasteiger partial charge < -0.3 is 15.4 Å². The van der Waals surface area contributed by atoms with Gasteiger partial charge in [0.05, 0.1) is 18.4 Å². The van der Waals surface area contributed by atoms with Crippen molar-refractivity contribution in [1.29, 1.82) is 0 Å². The molecule has 0 unspecified atom stereocenters. The molecule has 2 aromatic carbocycles. The van der Waals surface area contributed by atoms with Gasteiger partial charge in [0.1, 0.15) is 6.04 Å². The summed E-state index contributed by atoms with van der Waals surface area (Å²) in [6.45, 7) is 2.32. The van der Waals surface area contributed by atoms with Crippen LogP contribution >= 0.6 is 0 Å². The molecule has 0 aromatic heterocycles. The first kappa shape index (κ1) is 16.7. The van der Waals surface area contributed by atoms with Crippen molar-refractivity contribution < 1.29 is 19.6 Å². The van der Waals surface area contributed by atoms with E-state index < -0.39 is 5.97 Å². The fourth-order valence-electron chi connectivity index (χ4n) is 2.26. The number of rotatable bonds is 6. The van der Waals surface area contributed by atoms with Gasteiger partial charge in [0.2, 0.25) is 0 Å². The van der Waals surface area contributed by atoms with Crippen LogP contribution in [0.15, 0.2) is 54.6 Å². The van der Waals surface area contributed by atoms with Crippen LogP contribution in [0, 0.1) is 0 Å². The molecular weight excluding hydrogens is 292 g/mol. The van der Waals surface area contributed by atoms with Crippen molar-refractivity contribution >= 4 is 17.6 Å². The van der Waals surface area contributed by atoms with Gasteiger partial charge in [-0.2, -0.15) is 0 Å². The zero-order valence-electron chi connectivity index (χ0n) is 13.3. The van der Waals surface area contributed by atoms with Crippen molar-refractivity contribution in [3.8, 4) is 0 Å². The number of hydrogen-bond donors (Lipinski definition) is 2. The van der Waals surface area contributed by atoms with Crippen LogP contribution in [-0.4, -0.2) is 25.5 Å². The lowest BCUT2D eigenvalue weighted by molar-refractivity contribution is -0.682. The molecular formula is C18H21N2O3+. The van der Waals surface area contributed by atoms with Crippen LogP contribution in [0.1, 0.15) is 28.9 Å². The predicted octanol–water partition coefficient (Wildman–Crippen LogP) is 1.74. The molecule has 23 heavy (non-hydrogen) atoms. The number of methoxy groups -OCH3 is 1. The number of esters is 1. The van der Waals surface area contributed by atoms with Gasteiger partial charge in [0.15, 0.2) is 6.54 Å². The first-order valence-corrected chi connectivity index (χ1v) is 7.47. The zero-order chi connectivity index (χ0) is 16.7. The van der Waals surface area contributed by atoms with Crippen LogP contribution in [0.3, 0.4) is 0 Å². The van der Waals surface area contributed by atoms with Crippen LogP contribution in [0.5, 0.6) is 0 Å². The summed E-state index contributed by atoms with van der Waals surface area (Å²) in [5.41, 5.74) is 1.97. The normalized spacial score (nSPS) is 11.6. The molecule has 2 rings (SSSR count). The zero-order valence-corrected chi connectivity index (χ0v) is 13.3. The van der Waals surface area contributed by atoms with Gasteiger partial charge in [0.25, 0.3) is 5.91 Å². The van der Waals surface area contributed by atoms with Crippen LogP contribution in [0.4, 0.5) is 5.69 Å². The summed E-state index contributed by atoms with van der Waals surface area (Å²) in [7, 11) is 1.32. The highest BCUT2D eigenvalue weighted by atomic mass is 16.5. The minimum Gasteiger partial charge on any atom is -0.465 e. The smallest absolute Gasteiger partial charge is 0.339 e. The Morgan fingerprint density at radius 1 is 1.09 bits per heavy atom. The van der Waals surface area contributed by atoms with Gasteiger partial charge in [-0.3, -0.25) is 4.79 Å². The van der Waals surface area contributed by atoms with Crippen molar-refractivity contribution in [2.75, 3.05) is 19.0 Å². The first-order valence-electron chi connectivity index (χ1n) is 7.47. The third-order valence-electron chi connectivity index (χ3n) is 3.59. The quantitative estimate of drug-likeness (QED) is 0.798. The Balaban J connectivity index is 1.94. The summed E-state index contributed by atoms with van der Waals surface area (Å²) in [4.78, 5) is 23.8. The minimum absolute atomic E-state index is 0.163. The van der Waals surface area contributed by atoms with E-state index in [1.807, 2.05) is 42.6 Å². The largest absolute Gasteiger partial charge is 0.465 e. The molecule has 1 amide bonds. The molecule has 0 saturated carbocycles. The Hall–Kier alpha value is -2.66. The standard InChI is InChI=1S/C18H20N2O3/c1-13(14-8-4-3-5-9-14)19-12-17(21)20-16-11-7-6-10-15(16)18(22)23-2/h3-11,13,19H,12H2,1-2H3,(H,20,21)/p+1/t13-/m0/s1. The van der Waals surface area contributed by atoms with E-state index in [1.54, 1.807) is 24.3 Å². The number of nitrogens with two attached hydrogens (primary N) is 1. The summed E-state index contributed by atoms with van der Waals surface area (Å²) in [5.74, 6) is -0.633. The van der Waals surface area contributed by atoms with Gasteiger partial charge in [0, 0.05) is 5.56 Å². The molecule has 0 radical (unpaired) electrons. The van der Waals surface area contributed by atoms with Crippen LogP contribution in [-0.2, 0) is 9.53 Å². The van der Waals surface area contributed by atoms with Gasteiger partial charge in [-0.25, -0.2) is 4.79 Å². The van der Waals surface area contributed by atoms with E-state index >= 15 is 0 Å². The maximum absolute atomic E-state index is 12.1. The maximum atomic E-state index is 12.1. The second-order valence-corrected chi connectivity index (χ2v) is 5.22. The predicted molar refractivity (Wildman–Crippen MR) is 88.1 cm³/mol. The molecule has 1 atom stereocenters. The Bertz CT molecular complexity index is 671. The topological polar surface area (TPSA) is 72.0 Å². The van der Waals surface area contributed by atoms with Gasteiger partial charge in [-0.15, -0.1) is 0 Å². The van der Waals surface area contributed by atoms with Crippen LogP contribution in [0.25, 0.3) is 0 Å². The lowest BCUT2D eigenvalue weighted by Gasteiger charge is -2.12. The SMILES string of the molecule is COC(=O)c1ccccc1NC(=O)C[NH2+][C@@H](C)c1ccccc1. The molecule has 0 bridgehead atoms. The number of para-hydroxylation sites is 1. The molecule has 0 fully saturated rings. The van der Waals surface area contributed by atoms with Crippen molar-refractivity contribution in [2.45, 2.75) is 13.0 Å². The molecule has 0 spiro atoms. The molecule has 0 aliphatic carbocycles. The number of quaternary nitrogens is 1. The van der Waals surface area contributed by atoms with Gasteiger partial charge >= 0.3 is 5.97 Å². The highest BCUT2D eigenvalue weighted by Crippen LogP contribution is 2.15. The highest BCUT2D eigenvalue weighted by Gasteiger charge is 2.15. The van der Waals surface area contributed by atoms with Crippen molar-refractivity contribution in [2.24, 2.45) is 0 Å². The monoisotopic (exact) mass is 313 g/mol. The summed E-state index contributed by atoms with van der Waals surface area (Å²) in [6, 6.07) is 17.0.